The Hall–Kier alpha value is -2.65. The van der Waals surface area contributed by atoms with Gasteiger partial charge in [-0.1, -0.05) is 98.8 Å². The van der Waals surface area contributed by atoms with Gasteiger partial charge >= 0.3 is 0 Å². The number of rotatable bonds is 7. The fraction of sp³-hybridized carbons (Fsp3) is 0.452. The molecule has 0 aliphatic carbocycles. The third-order valence-electron chi connectivity index (χ3n) is 6.09. The highest BCUT2D eigenvalue weighted by molar-refractivity contribution is 5.83. The summed E-state index contributed by atoms with van der Waals surface area (Å²) in [4.78, 5) is 16.9. The van der Waals surface area contributed by atoms with Gasteiger partial charge in [-0.15, -0.1) is 0 Å². The van der Waals surface area contributed by atoms with E-state index < -0.39 is 0 Å². The first-order chi connectivity index (χ1) is 16.6. The molecular formula is C31H46N2O. The lowest BCUT2D eigenvalue weighted by atomic mass is 9.88. The van der Waals surface area contributed by atoms with E-state index in [1.165, 1.54) is 18.4 Å². The number of hydrogen-bond acceptors (Lipinski definition) is 2. The summed E-state index contributed by atoms with van der Waals surface area (Å²) in [5.41, 5.74) is 2.60. The van der Waals surface area contributed by atoms with E-state index in [0.29, 0.717) is 5.92 Å². The Balaban J connectivity index is 0.000000615. The van der Waals surface area contributed by atoms with Crippen molar-refractivity contribution >= 4 is 5.91 Å². The van der Waals surface area contributed by atoms with Gasteiger partial charge in [-0.3, -0.25) is 4.79 Å². The highest BCUT2D eigenvalue weighted by Crippen LogP contribution is 2.27. The molecular weight excluding hydrogens is 416 g/mol. The molecule has 0 saturated carbocycles. The van der Waals surface area contributed by atoms with Crippen LogP contribution in [0.4, 0.5) is 0 Å². The smallest absolute Gasteiger partial charge is 0.229 e. The van der Waals surface area contributed by atoms with E-state index in [4.69, 9.17) is 0 Å². The Labute approximate surface area is 209 Å². The maximum absolute atomic E-state index is 12.7. The summed E-state index contributed by atoms with van der Waals surface area (Å²) in [6.45, 7) is 11.5. The Morgan fingerprint density at radius 1 is 0.941 bits per heavy atom. The van der Waals surface area contributed by atoms with Crippen LogP contribution in [-0.4, -0.2) is 49.4 Å². The van der Waals surface area contributed by atoms with Crippen LogP contribution in [0.15, 0.2) is 90.5 Å². The molecule has 1 aliphatic rings. The molecule has 1 unspecified atom stereocenters. The van der Waals surface area contributed by atoms with Crippen LogP contribution in [-0.2, 0) is 4.79 Å². The Bertz CT molecular complexity index is 792. The van der Waals surface area contributed by atoms with E-state index in [9.17, 15) is 4.79 Å². The van der Waals surface area contributed by atoms with Gasteiger partial charge < -0.3 is 9.80 Å². The molecule has 1 saturated heterocycles. The third kappa shape index (κ3) is 10.5. The molecule has 2 aromatic rings. The summed E-state index contributed by atoms with van der Waals surface area (Å²) in [5.74, 6) is 0.842. The van der Waals surface area contributed by atoms with Crippen molar-refractivity contribution in [1.82, 2.24) is 9.80 Å². The number of amides is 1. The van der Waals surface area contributed by atoms with Gasteiger partial charge in [0.25, 0.3) is 0 Å². The van der Waals surface area contributed by atoms with Crippen molar-refractivity contribution in [3.63, 3.8) is 0 Å². The highest BCUT2D eigenvalue weighted by atomic mass is 16.2. The van der Waals surface area contributed by atoms with Crippen molar-refractivity contribution in [2.24, 2.45) is 5.92 Å². The number of carbonyl (C=O) groups excluding carboxylic acids is 1. The summed E-state index contributed by atoms with van der Waals surface area (Å²) < 4.78 is 0. The van der Waals surface area contributed by atoms with E-state index in [-0.39, 0.29) is 11.8 Å². The summed E-state index contributed by atoms with van der Waals surface area (Å²) in [6, 6.07) is 22.2. The van der Waals surface area contributed by atoms with Crippen molar-refractivity contribution in [3.05, 3.63) is 96.1 Å². The van der Waals surface area contributed by atoms with Crippen molar-refractivity contribution in [1.29, 1.82) is 0 Å². The molecule has 3 rings (SSSR count). The minimum Gasteiger partial charge on any atom is -0.348 e. The molecule has 0 aromatic heterocycles. The fourth-order valence-electron chi connectivity index (χ4n) is 4.28. The van der Waals surface area contributed by atoms with E-state index in [1.807, 2.05) is 82.5 Å². The average Bonchev–Trinajstić information content (AvgIpc) is 2.91. The molecule has 3 heteroatoms. The summed E-state index contributed by atoms with van der Waals surface area (Å²) in [6.07, 6.45) is 9.95. The molecule has 34 heavy (non-hydrogen) atoms. The molecule has 1 atom stereocenters. The molecule has 2 aromatic carbocycles. The summed E-state index contributed by atoms with van der Waals surface area (Å²) >= 11 is 0. The number of nitrogens with zero attached hydrogens (tertiary/aromatic N) is 2. The lowest BCUT2D eigenvalue weighted by Crippen LogP contribution is -2.37. The van der Waals surface area contributed by atoms with Crippen molar-refractivity contribution in [3.8, 4) is 0 Å². The number of likely N-dealkylation sites (tertiary alicyclic amines) is 1. The van der Waals surface area contributed by atoms with Crippen LogP contribution in [0.2, 0.25) is 0 Å². The first kappa shape index (κ1) is 29.4. The summed E-state index contributed by atoms with van der Waals surface area (Å²) in [5, 5.41) is 0. The number of allylic oxidation sites excluding steroid dienone is 4. The fourth-order valence-corrected chi connectivity index (χ4v) is 4.28. The van der Waals surface area contributed by atoms with Crippen LogP contribution < -0.4 is 0 Å². The monoisotopic (exact) mass is 462 g/mol. The molecule has 1 fully saturated rings. The Kier molecular flexibility index (Phi) is 15.4. The van der Waals surface area contributed by atoms with Gasteiger partial charge in [0.05, 0.1) is 5.92 Å². The van der Waals surface area contributed by atoms with Crippen molar-refractivity contribution in [2.75, 3.05) is 33.7 Å². The Morgan fingerprint density at radius 2 is 1.44 bits per heavy atom. The zero-order valence-corrected chi connectivity index (χ0v) is 22.3. The van der Waals surface area contributed by atoms with Crippen LogP contribution in [0.3, 0.4) is 0 Å². The molecule has 186 valence electrons. The van der Waals surface area contributed by atoms with Crippen LogP contribution in [0.25, 0.3) is 0 Å². The van der Waals surface area contributed by atoms with E-state index in [0.717, 1.165) is 31.6 Å². The van der Waals surface area contributed by atoms with Crippen molar-refractivity contribution < 1.29 is 4.79 Å². The molecule has 0 radical (unpaired) electrons. The van der Waals surface area contributed by atoms with Crippen LogP contribution in [0, 0.1) is 5.92 Å². The van der Waals surface area contributed by atoms with Gasteiger partial charge in [0, 0.05) is 14.1 Å². The largest absolute Gasteiger partial charge is 0.348 e. The maximum Gasteiger partial charge on any atom is 0.229 e. The molecule has 0 N–H and O–H groups in total. The van der Waals surface area contributed by atoms with Gasteiger partial charge in [0.2, 0.25) is 5.91 Å². The first-order valence-corrected chi connectivity index (χ1v) is 12.8. The predicted molar refractivity (Wildman–Crippen MR) is 148 cm³/mol. The predicted octanol–water partition coefficient (Wildman–Crippen LogP) is 7.20. The van der Waals surface area contributed by atoms with Crippen LogP contribution in [0.5, 0.6) is 0 Å². The number of carbonyl (C=O) groups is 1. The molecule has 0 bridgehead atoms. The average molecular weight is 463 g/mol. The van der Waals surface area contributed by atoms with Gasteiger partial charge in [-0.2, -0.15) is 0 Å². The van der Waals surface area contributed by atoms with Crippen LogP contribution in [0.1, 0.15) is 58.4 Å². The third-order valence-corrected chi connectivity index (χ3v) is 6.09. The first-order valence-electron chi connectivity index (χ1n) is 12.8. The number of piperidine rings is 1. The maximum atomic E-state index is 12.7. The minimum absolute atomic E-state index is 0.0435. The van der Waals surface area contributed by atoms with Gasteiger partial charge in [0.15, 0.2) is 0 Å². The second-order valence-electron chi connectivity index (χ2n) is 8.54. The molecule has 0 spiro atoms. The molecule has 1 aliphatic heterocycles. The zero-order valence-electron chi connectivity index (χ0n) is 22.3. The SMILES string of the molecule is C/C=C\C(=C/C)C1CCN(CCC(C(=O)N(C)C)c2ccccc2)CC1.CC.c1ccccc1. The second-order valence-corrected chi connectivity index (χ2v) is 8.54. The zero-order chi connectivity index (χ0) is 25.2. The molecule has 1 amide bonds. The lowest BCUT2D eigenvalue weighted by molar-refractivity contribution is -0.130. The number of hydrogen-bond donors (Lipinski definition) is 0. The number of benzene rings is 2. The van der Waals surface area contributed by atoms with Gasteiger partial charge in [-0.05, 0) is 69.8 Å². The van der Waals surface area contributed by atoms with Gasteiger partial charge in [-0.25, -0.2) is 0 Å². The lowest BCUT2D eigenvalue weighted by Gasteiger charge is -2.33. The van der Waals surface area contributed by atoms with E-state index >= 15 is 0 Å². The van der Waals surface area contributed by atoms with Crippen molar-refractivity contribution in [2.45, 2.75) is 52.9 Å². The van der Waals surface area contributed by atoms with E-state index in [1.54, 1.807) is 4.90 Å². The van der Waals surface area contributed by atoms with Gasteiger partial charge in [0.1, 0.15) is 0 Å². The minimum atomic E-state index is -0.0435. The Morgan fingerprint density at radius 3 is 1.88 bits per heavy atom. The standard InChI is InChI=1S/C23H34N2O.C6H6.C2H6/c1-5-10-19(6-2)20-13-16-25(17-14-20)18-15-22(23(26)24(3)4)21-11-8-7-9-12-21;1-2-4-6-5-3-1;1-2/h5-12,20,22H,13-18H2,1-4H3;1-6H;1-2H3/b10-5-,19-6+;;. The number of likely N-dealkylation sites (N-methyl/N-ethyl adjacent to an activating group) is 1. The summed E-state index contributed by atoms with van der Waals surface area (Å²) in [7, 11) is 3.70. The highest BCUT2D eigenvalue weighted by Gasteiger charge is 2.25. The topological polar surface area (TPSA) is 23.6 Å². The second kappa shape index (κ2) is 17.8. The van der Waals surface area contributed by atoms with Crippen LogP contribution >= 0.6 is 0 Å². The quantitative estimate of drug-likeness (QED) is 0.406. The van der Waals surface area contributed by atoms with E-state index in [2.05, 4.69) is 49.1 Å². The molecule has 3 nitrogen and oxygen atoms in total. The molecule has 1 heterocycles. The normalized spacial score (nSPS) is 15.5.